The van der Waals surface area contributed by atoms with E-state index < -0.39 is 41.1 Å². The van der Waals surface area contributed by atoms with Crippen LogP contribution in [0.25, 0.3) is 0 Å². The Labute approximate surface area is 177 Å². The summed E-state index contributed by atoms with van der Waals surface area (Å²) in [7, 11) is 2.52. The van der Waals surface area contributed by atoms with Gasteiger partial charge in [0.1, 0.15) is 17.6 Å². The van der Waals surface area contributed by atoms with Crippen molar-refractivity contribution in [3.63, 3.8) is 0 Å². The highest BCUT2D eigenvalue weighted by Gasteiger charge is 2.68. The molecule has 1 heterocycles. The van der Waals surface area contributed by atoms with Crippen molar-refractivity contribution in [1.29, 1.82) is 0 Å². The number of hydrogen-bond acceptors (Lipinski definition) is 6. The van der Waals surface area contributed by atoms with Crippen LogP contribution in [0.5, 0.6) is 11.5 Å². The van der Waals surface area contributed by atoms with Crippen molar-refractivity contribution in [2.75, 3.05) is 14.2 Å². The summed E-state index contributed by atoms with van der Waals surface area (Å²) in [5.41, 5.74) is -4.18. The number of aliphatic hydroxyl groups is 1. The van der Waals surface area contributed by atoms with Gasteiger partial charge in [0.05, 0.1) is 19.8 Å². The Hall–Kier alpha value is -2.62. The summed E-state index contributed by atoms with van der Waals surface area (Å²) in [5.74, 6) is -2.44. The van der Waals surface area contributed by atoms with E-state index in [1.54, 1.807) is 12.1 Å². The molecule has 0 bridgehead atoms. The summed E-state index contributed by atoms with van der Waals surface area (Å²) >= 11 is 0. The molecule has 0 saturated carbocycles. The van der Waals surface area contributed by atoms with Crippen LogP contribution in [-0.4, -0.2) is 49.3 Å². The molecule has 2 aromatic carbocycles. The first-order chi connectivity index (χ1) is 14.5. The zero-order valence-corrected chi connectivity index (χ0v) is 17.4. The average Bonchev–Trinajstić information content (AvgIpc) is 3.07. The van der Waals surface area contributed by atoms with Crippen LogP contribution in [0.3, 0.4) is 0 Å². The van der Waals surface area contributed by atoms with Crippen molar-refractivity contribution >= 4 is 5.78 Å². The highest BCUT2D eigenvalue weighted by Crippen LogP contribution is 2.51. The first kappa shape index (κ1) is 23.1. The van der Waals surface area contributed by atoms with E-state index in [0.29, 0.717) is 0 Å². The standard InChI is InChI=1S/C22H23F3O6/c1-20(2)30-18(17(26)13-9-5-7-11-15(13)28-3)19(31-20)21(27,22(23,24)25)14-10-6-8-12-16(14)29-4/h5-12,18-19,27H,1-4H3/t18-,19+,21+/m0/s1. The molecule has 0 unspecified atom stereocenters. The maximum atomic E-state index is 14.4. The second-order valence-corrected chi connectivity index (χ2v) is 7.51. The Morgan fingerprint density at radius 1 is 0.968 bits per heavy atom. The Kier molecular flexibility index (Phi) is 6.05. The van der Waals surface area contributed by atoms with Crippen molar-refractivity contribution in [1.82, 2.24) is 0 Å². The molecule has 9 heteroatoms. The van der Waals surface area contributed by atoms with Crippen LogP contribution < -0.4 is 9.47 Å². The summed E-state index contributed by atoms with van der Waals surface area (Å²) in [6.07, 6.45) is -9.12. The minimum absolute atomic E-state index is 0.00542. The molecule has 0 amide bonds. The number of ketones is 1. The Balaban J connectivity index is 2.18. The van der Waals surface area contributed by atoms with Gasteiger partial charge in [0.15, 0.2) is 17.7 Å². The largest absolute Gasteiger partial charge is 0.496 e. The molecule has 0 aliphatic carbocycles. The zero-order valence-electron chi connectivity index (χ0n) is 17.4. The number of halogens is 3. The van der Waals surface area contributed by atoms with Gasteiger partial charge in [-0.2, -0.15) is 13.2 Å². The number of hydrogen-bond donors (Lipinski definition) is 1. The molecule has 31 heavy (non-hydrogen) atoms. The number of ether oxygens (including phenoxy) is 4. The van der Waals surface area contributed by atoms with Gasteiger partial charge >= 0.3 is 6.18 Å². The van der Waals surface area contributed by atoms with Gasteiger partial charge in [0, 0.05) is 5.56 Å². The minimum Gasteiger partial charge on any atom is -0.496 e. The molecule has 0 aromatic heterocycles. The fraction of sp³-hybridized carbons (Fsp3) is 0.409. The predicted molar refractivity (Wildman–Crippen MR) is 104 cm³/mol. The SMILES string of the molecule is COc1ccccc1C(=O)[C@@H]1OC(C)(C)O[C@H]1[C@](O)(c1ccccc1OC)C(F)(F)F. The molecule has 2 aromatic rings. The van der Waals surface area contributed by atoms with E-state index in [1.807, 2.05) is 0 Å². The van der Waals surface area contributed by atoms with Crippen molar-refractivity contribution in [3.05, 3.63) is 59.7 Å². The smallest absolute Gasteiger partial charge is 0.424 e. The molecule has 1 saturated heterocycles. The molecule has 6 nitrogen and oxygen atoms in total. The maximum Gasteiger partial charge on any atom is 0.424 e. The lowest BCUT2D eigenvalue weighted by Gasteiger charge is -2.37. The van der Waals surface area contributed by atoms with E-state index in [9.17, 15) is 23.1 Å². The first-order valence-electron chi connectivity index (χ1n) is 9.41. The second kappa shape index (κ2) is 8.14. The van der Waals surface area contributed by atoms with E-state index in [2.05, 4.69) is 0 Å². The predicted octanol–water partition coefficient (Wildman–Crippen LogP) is 3.86. The van der Waals surface area contributed by atoms with Crippen LogP contribution in [0.4, 0.5) is 13.2 Å². The maximum absolute atomic E-state index is 14.4. The Morgan fingerprint density at radius 3 is 2.10 bits per heavy atom. The van der Waals surface area contributed by atoms with Gasteiger partial charge in [-0.3, -0.25) is 4.79 Å². The second-order valence-electron chi connectivity index (χ2n) is 7.51. The molecule has 168 valence electrons. The monoisotopic (exact) mass is 440 g/mol. The number of para-hydroxylation sites is 2. The van der Waals surface area contributed by atoms with E-state index in [0.717, 1.165) is 6.07 Å². The van der Waals surface area contributed by atoms with Crippen LogP contribution in [0, 0.1) is 0 Å². The van der Waals surface area contributed by atoms with Gasteiger partial charge in [-0.05, 0) is 32.0 Å². The summed E-state index contributed by atoms with van der Waals surface area (Å²) in [6, 6.07) is 11.2. The number of carbonyl (C=O) groups is 1. The van der Waals surface area contributed by atoms with Crippen molar-refractivity contribution < 1.29 is 42.0 Å². The Morgan fingerprint density at radius 2 is 1.52 bits per heavy atom. The van der Waals surface area contributed by atoms with Gasteiger partial charge in [0.25, 0.3) is 0 Å². The lowest BCUT2D eigenvalue weighted by molar-refractivity contribution is -0.306. The Bertz CT molecular complexity index is 958. The third-order valence-corrected chi connectivity index (χ3v) is 5.09. The quantitative estimate of drug-likeness (QED) is 0.688. The summed E-state index contributed by atoms with van der Waals surface area (Å²) < 4.78 is 64.6. The third kappa shape index (κ3) is 4.00. The average molecular weight is 440 g/mol. The fourth-order valence-electron chi connectivity index (χ4n) is 3.69. The van der Waals surface area contributed by atoms with Gasteiger partial charge in [0.2, 0.25) is 5.60 Å². The number of benzene rings is 2. The normalized spacial score (nSPS) is 22.6. The van der Waals surface area contributed by atoms with Crippen molar-refractivity contribution in [2.45, 2.75) is 43.6 Å². The molecule has 1 fully saturated rings. The van der Waals surface area contributed by atoms with Gasteiger partial charge in [-0.1, -0.05) is 30.3 Å². The molecule has 3 rings (SSSR count). The summed E-state index contributed by atoms with van der Waals surface area (Å²) in [4.78, 5) is 13.3. The molecule has 0 radical (unpaired) electrons. The van der Waals surface area contributed by atoms with Crippen LogP contribution in [-0.2, 0) is 15.1 Å². The van der Waals surface area contributed by atoms with Gasteiger partial charge in [-0.15, -0.1) is 0 Å². The summed E-state index contributed by atoms with van der Waals surface area (Å²) in [6.45, 7) is 2.74. The van der Waals surface area contributed by atoms with E-state index in [1.165, 1.54) is 58.4 Å². The van der Waals surface area contributed by atoms with Crippen molar-refractivity contribution in [2.24, 2.45) is 0 Å². The van der Waals surface area contributed by atoms with Crippen molar-refractivity contribution in [3.8, 4) is 11.5 Å². The van der Waals surface area contributed by atoms with Gasteiger partial charge in [-0.25, -0.2) is 0 Å². The van der Waals surface area contributed by atoms with Crippen LogP contribution in [0.1, 0.15) is 29.8 Å². The highest BCUT2D eigenvalue weighted by atomic mass is 19.4. The third-order valence-electron chi connectivity index (χ3n) is 5.09. The van der Waals surface area contributed by atoms with E-state index in [-0.39, 0.29) is 17.1 Å². The topological polar surface area (TPSA) is 74.2 Å². The van der Waals surface area contributed by atoms with Crippen LogP contribution in [0.2, 0.25) is 0 Å². The number of rotatable bonds is 6. The highest BCUT2D eigenvalue weighted by molar-refractivity contribution is 6.02. The van der Waals surface area contributed by atoms with E-state index in [4.69, 9.17) is 18.9 Å². The molecule has 3 atom stereocenters. The van der Waals surface area contributed by atoms with Crippen LogP contribution in [0.15, 0.2) is 48.5 Å². The lowest BCUT2D eigenvalue weighted by atomic mass is 9.82. The van der Waals surface area contributed by atoms with Gasteiger partial charge < -0.3 is 24.1 Å². The zero-order chi connectivity index (χ0) is 23.0. The number of alkyl halides is 3. The fourth-order valence-corrected chi connectivity index (χ4v) is 3.69. The lowest BCUT2D eigenvalue weighted by Crippen LogP contribution is -2.57. The minimum atomic E-state index is -5.23. The number of carbonyl (C=O) groups excluding carboxylic acids is 1. The number of methoxy groups -OCH3 is 2. The first-order valence-corrected chi connectivity index (χ1v) is 9.41. The molecule has 1 aliphatic heterocycles. The van der Waals surface area contributed by atoms with Crippen LogP contribution >= 0.6 is 0 Å². The summed E-state index contributed by atoms with van der Waals surface area (Å²) in [5, 5.41) is 11.2. The molecule has 1 N–H and O–H groups in total. The molecule has 0 spiro atoms. The van der Waals surface area contributed by atoms with E-state index >= 15 is 0 Å². The number of Topliss-reactive ketones (excluding diaryl/α,β-unsaturated/α-hetero) is 1. The molecule has 1 aliphatic rings. The molecular weight excluding hydrogens is 417 g/mol. The molecular formula is C22H23F3O6.